The molecule has 1 aliphatic heterocycles. The van der Waals surface area contributed by atoms with Crippen molar-refractivity contribution in [2.75, 3.05) is 0 Å². The number of amides is 1. The van der Waals surface area contributed by atoms with E-state index >= 15 is 0 Å². The summed E-state index contributed by atoms with van der Waals surface area (Å²) >= 11 is 0. The van der Waals surface area contributed by atoms with E-state index in [-0.39, 0.29) is 12.2 Å². The molecule has 0 fully saturated rings. The fourth-order valence-electron chi connectivity index (χ4n) is 3.38. The summed E-state index contributed by atoms with van der Waals surface area (Å²) in [5, 5.41) is 13.3. The third-order valence-corrected chi connectivity index (χ3v) is 5.08. The lowest BCUT2D eigenvalue weighted by Gasteiger charge is -2.09. The summed E-state index contributed by atoms with van der Waals surface area (Å²) in [4.78, 5) is 29.1. The van der Waals surface area contributed by atoms with Crippen LogP contribution in [0.25, 0.3) is 0 Å². The highest BCUT2D eigenvalue weighted by Crippen LogP contribution is 2.24. The van der Waals surface area contributed by atoms with Crippen LogP contribution in [-0.2, 0) is 32.7 Å². The molecule has 1 amide bonds. The van der Waals surface area contributed by atoms with E-state index in [4.69, 9.17) is 9.84 Å². The summed E-state index contributed by atoms with van der Waals surface area (Å²) in [6.07, 6.45) is 3.01. The van der Waals surface area contributed by atoms with Crippen molar-refractivity contribution in [1.29, 1.82) is 0 Å². The molecule has 30 heavy (non-hydrogen) atoms. The van der Waals surface area contributed by atoms with E-state index in [2.05, 4.69) is 10.1 Å². The van der Waals surface area contributed by atoms with E-state index < -0.39 is 6.09 Å². The molecule has 0 saturated carbocycles. The smallest absolute Gasteiger partial charge is 0.407 e. The zero-order chi connectivity index (χ0) is 21.1. The van der Waals surface area contributed by atoms with Crippen LogP contribution in [0.1, 0.15) is 22.4 Å². The molecule has 4 rings (SSSR count). The van der Waals surface area contributed by atoms with E-state index in [9.17, 15) is 9.59 Å². The van der Waals surface area contributed by atoms with Crippen LogP contribution < -0.4 is 15.8 Å². The Morgan fingerprint density at radius 1 is 1.13 bits per heavy atom. The Morgan fingerprint density at radius 2 is 1.97 bits per heavy atom. The van der Waals surface area contributed by atoms with Crippen molar-refractivity contribution in [2.45, 2.75) is 32.7 Å². The Bertz CT molecular complexity index is 1130. The maximum Gasteiger partial charge on any atom is 0.407 e. The number of rotatable bonds is 6. The van der Waals surface area contributed by atoms with Crippen LogP contribution in [0.4, 0.5) is 4.79 Å². The molecule has 0 spiro atoms. The maximum absolute atomic E-state index is 12.4. The van der Waals surface area contributed by atoms with Gasteiger partial charge >= 0.3 is 6.09 Å². The van der Waals surface area contributed by atoms with Crippen LogP contribution in [0.5, 0.6) is 5.75 Å². The molecule has 1 N–H and O–H groups in total. The summed E-state index contributed by atoms with van der Waals surface area (Å²) < 4.78 is 7.02. The fourth-order valence-corrected chi connectivity index (χ4v) is 3.38. The van der Waals surface area contributed by atoms with Crippen LogP contribution in [0.3, 0.4) is 0 Å². The van der Waals surface area contributed by atoms with E-state index in [0.717, 1.165) is 27.8 Å². The summed E-state index contributed by atoms with van der Waals surface area (Å²) in [5.74, 6) is 0.407. The molecular formula is C21H21BN4O4. The van der Waals surface area contributed by atoms with Gasteiger partial charge in [-0.3, -0.25) is 14.7 Å². The molecular weight excluding hydrogens is 383 g/mol. The number of carboxylic acid groups (broad SMARTS) is 1. The largest absolute Gasteiger partial charge is 0.485 e. The molecule has 1 aromatic carbocycles. The SMILES string of the molecule is Bc1ccc(COc2cnn(CCc3ccc4c(c3)CN(C(=O)O)C4)c(=O)c2)nc1. The molecule has 0 radical (unpaired) electrons. The Labute approximate surface area is 174 Å². The minimum atomic E-state index is -0.913. The summed E-state index contributed by atoms with van der Waals surface area (Å²) in [5.41, 5.74) is 4.71. The highest BCUT2D eigenvalue weighted by molar-refractivity contribution is 6.32. The topological polar surface area (TPSA) is 97.5 Å². The molecule has 0 saturated heterocycles. The number of fused-ring (bicyclic) bond motifs is 1. The van der Waals surface area contributed by atoms with Gasteiger partial charge in [-0.15, -0.1) is 0 Å². The lowest BCUT2D eigenvalue weighted by molar-refractivity contribution is 0.145. The average molecular weight is 404 g/mol. The zero-order valence-electron chi connectivity index (χ0n) is 16.6. The van der Waals surface area contributed by atoms with Gasteiger partial charge in [-0.25, -0.2) is 9.48 Å². The van der Waals surface area contributed by atoms with Crippen molar-refractivity contribution < 1.29 is 14.6 Å². The molecule has 8 nitrogen and oxygen atoms in total. The van der Waals surface area contributed by atoms with Crippen molar-refractivity contribution in [2.24, 2.45) is 0 Å². The van der Waals surface area contributed by atoms with Gasteiger partial charge in [0.15, 0.2) is 0 Å². The van der Waals surface area contributed by atoms with Crippen LogP contribution >= 0.6 is 0 Å². The maximum atomic E-state index is 12.4. The Hall–Kier alpha value is -3.62. The minimum absolute atomic E-state index is 0.234. The van der Waals surface area contributed by atoms with Crippen LogP contribution in [0.2, 0.25) is 0 Å². The van der Waals surface area contributed by atoms with Crippen molar-refractivity contribution in [1.82, 2.24) is 19.7 Å². The molecule has 9 heteroatoms. The first-order chi connectivity index (χ1) is 14.5. The van der Waals surface area contributed by atoms with Crippen LogP contribution in [-0.4, -0.2) is 38.7 Å². The van der Waals surface area contributed by atoms with Gasteiger partial charge in [-0.1, -0.05) is 29.7 Å². The van der Waals surface area contributed by atoms with Crippen LogP contribution in [0.15, 0.2) is 53.6 Å². The lowest BCUT2D eigenvalue weighted by Crippen LogP contribution is -2.23. The van der Waals surface area contributed by atoms with Crippen molar-refractivity contribution in [3.05, 3.63) is 81.5 Å². The Balaban J connectivity index is 1.35. The van der Waals surface area contributed by atoms with Crippen molar-refractivity contribution >= 4 is 19.4 Å². The third kappa shape index (κ3) is 4.51. The summed E-state index contributed by atoms with van der Waals surface area (Å²) in [6, 6.07) is 11.2. The lowest BCUT2D eigenvalue weighted by atomic mass is 9.99. The number of nitrogens with zero attached hydrogens (tertiary/aromatic N) is 4. The number of pyridine rings is 1. The zero-order valence-corrected chi connectivity index (χ0v) is 16.6. The molecule has 0 aliphatic carbocycles. The van der Waals surface area contributed by atoms with Crippen molar-refractivity contribution in [3.8, 4) is 5.75 Å². The van der Waals surface area contributed by atoms with Crippen molar-refractivity contribution in [3.63, 3.8) is 0 Å². The minimum Gasteiger partial charge on any atom is -0.485 e. The van der Waals surface area contributed by atoms with E-state index in [1.54, 1.807) is 6.20 Å². The first-order valence-corrected chi connectivity index (χ1v) is 9.68. The van der Waals surface area contributed by atoms with Gasteiger partial charge in [0.1, 0.15) is 20.2 Å². The van der Waals surface area contributed by atoms with Gasteiger partial charge in [0.05, 0.1) is 11.9 Å². The molecule has 0 bridgehead atoms. The molecule has 152 valence electrons. The standard InChI is InChI=1S/C21H21BN4O4/c22-17-3-4-18(23-9-17)13-30-19-8-20(27)26(24-10-19)6-5-14-1-2-15-11-25(21(28)29)12-16(15)7-14/h1-4,7-10H,5-6,11-13,22H2,(H,28,29). The second-order valence-corrected chi connectivity index (χ2v) is 7.36. The molecule has 3 aromatic rings. The second-order valence-electron chi connectivity index (χ2n) is 7.36. The predicted molar refractivity (Wildman–Crippen MR) is 113 cm³/mol. The van der Waals surface area contributed by atoms with Gasteiger partial charge in [-0.2, -0.15) is 5.10 Å². The van der Waals surface area contributed by atoms with E-state index in [0.29, 0.717) is 31.8 Å². The fraction of sp³-hybridized carbons (Fsp3) is 0.238. The quantitative estimate of drug-likeness (QED) is 0.608. The van der Waals surface area contributed by atoms with Gasteiger partial charge in [0.25, 0.3) is 5.56 Å². The monoisotopic (exact) mass is 404 g/mol. The first kappa shape index (κ1) is 19.7. The van der Waals surface area contributed by atoms with Gasteiger partial charge in [0, 0.05) is 31.9 Å². The van der Waals surface area contributed by atoms with Gasteiger partial charge < -0.3 is 9.84 Å². The average Bonchev–Trinajstić information content (AvgIpc) is 3.16. The molecule has 1 aliphatic rings. The highest BCUT2D eigenvalue weighted by Gasteiger charge is 2.22. The number of aromatic nitrogens is 3. The Kier molecular flexibility index (Phi) is 5.51. The number of hydrogen-bond donors (Lipinski definition) is 1. The number of aryl methyl sites for hydroxylation is 2. The normalized spacial score (nSPS) is 12.6. The summed E-state index contributed by atoms with van der Waals surface area (Å²) in [6.45, 7) is 1.53. The molecule has 0 unspecified atom stereocenters. The highest BCUT2D eigenvalue weighted by atomic mass is 16.5. The molecule has 3 heterocycles. The second kappa shape index (κ2) is 8.40. The number of carbonyl (C=O) groups is 1. The van der Waals surface area contributed by atoms with E-state index in [1.807, 2.05) is 38.2 Å². The van der Waals surface area contributed by atoms with Gasteiger partial charge in [-0.05, 0) is 29.2 Å². The molecule has 2 aromatic heterocycles. The van der Waals surface area contributed by atoms with Crippen LogP contribution in [0, 0.1) is 0 Å². The number of benzene rings is 1. The van der Waals surface area contributed by atoms with E-state index in [1.165, 1.54) is 21.8 Å². The summed E-state index contributed by atoms with van der Waals surface area (Å²) in [7, 11) is 1.97. The Morgan fingerprint density at radius 3 is 2.70 bits per heavy atom. The number of hydrogen-bond acceptors (Lipinski definition) is 5. The van der Waals surface area contributed by atoms with Gasteiger partial charge in [0.2, 0.25) is 0 Å². The third-order valence-electron chi connectivity index (χ3n) is 5.08. The number of ether oxygens (including phenoxy) is 1. The predicted octanol–water partition coefficient (Wildman–Crippen LogP) is 0.712. The molecule has 0 atom stereocenters. The first-order valence-electron chi connectivity index (χ1n) is 9.68.